The number of fused-ring (bicyclic) bond motifs is 16. The molecule has 8 aromatic carbocycles. The Kier molecular flexibility index (Phi) is 36.6. The monoisotopic (exact) mass is 2370 g/mol. The van der Waals surface area contributed by atoms with Crippen LogP contribution in [0, 0.1) is 0 Å². The van der Waals surface area contributed by atoms with Crippen LogP contribution in [0.1, 0.15) is 355 Å². The van der Waals surface area contributed by atoms with Gasteiger partial charge >= 0.3 is 47.8 Å². The molecule has 0 heterocycles. The Morgan fingerprint density at radius 1 is 0.169 bits per heavy atom. The van der Waals surface area contributed by atoms with Crippen molar-refractivity contribution < 1.29 is 76.3 Å². The molecule has 0 saturated heterocycles. The summed E-state index contributed by atoms with van der Waals surface area (Å²) in [5.41, 5.74) is 10.7. The minimum Gasteiger partial charge on any atom is -0.425 e. The third-order valence-electron chi connectivity index (χ3n) is 24.1. The lowest BCUT2D eigenvalue weighted by Gasteiger charge is -2.29. The van der Waals surface area contributed by atoms with E-state index in [1.54, 1.807) is 55.4 Å². The summed E-state index contributed by atoms with van der Waals surface area (Å²) in [4.78, 5) is 113. The maximum Gasteiger partial charge on any atom is 0.324 e. The molecule has 8 aromatic rings. The molecule has 16 bridgehead atoms. The van der Waals surface area contributed by atoms with Crippen molar-refractivity contribution in [3.05, 3.63) is 231 Å². The van der Waals surface area contributed by atoms with E-state index in [1.165, 1.54) is 0 Å². The number of carbonyl (C=O) groups excluding carboxylic acids is 8. The SMILES string of the molecule is CC(Br)C(=O)Oc1c2cc(C(C)(C)C)cc1Cc1cc(C(C)(C)C)cc(c1OC(=O)C(C)Br)Cc1cc(C(C)(C)C)cc(c1OC(=O)C(C)Br)Cc1cc(C(C)(C)C)cc(c1OC(=O)C(C)Br)Cc1cc(C(C)(C)C)cc(c1OC(=O)C(C)Br)Cc1cc(C(C)(C)C)cc(c1OC(=O)C(C)Br)Cc1cc(C(C)(C)C)cc(c1OC(=O)C(C)Br)Cc1cc(C(C)(C)C)cc(c1OC(=O)C(C)Br)C2. The fourth-order valence-corrected chi connectivity index (χ4v) is 16.5. The lowest BCUT2D eigenvalue weighted by molar-refractivity contribution is -0.134. The van der Waals surface area contributed by atoms with Crippen molar-refractivity contribution in [2.45, 2.75) is 355 Å². The summed E-state index contributed by atoms with van der Waals surface area (Å²) in [6, 6.07) is 32.6. The molecule has 1 aliphatic carbocycles. The molecule has 136 heavy (non-hydrogen) atoms. The van der Waals surface area contributed by atoms with Crippen LogP contribution in [0.25, 0.3) is 0 Å². The van der Waals surface area contributed by atoms with Gasteiger partial charge in [-0.25, -0.2) is 0 Å². The van der Waals surface area contributed by atoms with Crippen LogP contribution in [0.15, 0.2) is 97.1 Å². The normalized spacial score (nSPS) is 15.1. The summed E-state index contributed by atoms with van der Waals surface area (Å²) >= 11 is 28.7. The van der Waals surface area contributed by atoms with Crippen LogP contribution in [0.3, 0.4) is 0 Å². The Morgan fingerprint density at radius 3 is 0.287 bits per heavy atom. The van der Waals surface area contributed by atoms with Crippen LogP contribution in [0.2, 0.25) is 0 Å². The predicted octanol–water partition coefficient (Wildman–Crippen LogP) is 28.6. The van der Waals surface area contributed by atoms with E-state index < -0.39 is 130 Å². The fraction of sp³-hybridized carbons (Fsp3) is 0.500. The number of hydrogen-bond donors (Lipinski definition) is 0. The number of rotatable bonds is 16. The molecule has 0 saturated carbocycles. The molecule has 0 amide bonds. The Hall–Kier alpha value is -6.64. The molecule has 16 nitrogen and oxygen atoms in total. The molecule has 1 aliphatic rings. The average Bonchev–Trinajstić information content (AvgIpc) is 0.757. The van der Waals surface area contributed by atoms with E-state index in [2.05, 4.69) is 294 Å². The van der Waals surface area contributed by atoms with Gasteiger partial charge in [-0.1, -0.05) is 391 Å². The maximum atomic E-state index is 15.0. The predicted molar refractivity (Wildman–Crippen MR) is 576 cm³/mol. The van der Waals surface area contributed by atoms with Gasteiger partial charge in [0.1, 0.15) is 84.6 Å². The van der Waals surface area contributed by atoms with Gasteiger partial charge in [0.2, 0.25) is 0 Å². The van der Waals surface area contributed by atoms with E-state index in [-0.39, 0.29) is 97.4 Å². The molecule has 0 N–H and O–H groups in total. The van der Waals surface area contributed by atoms with Gasteiger partial charge in [0, 0.05) is 140 Å². The van der Waals surface area contributed by atoms with E-state index in [0.29, 0.717) is 89.0 Å². The number of alkyl halides is 8. The summed E-state index contributed by atoms with van der Waals surface area (Å²) in [5, 5.41) is 0. The first-order valence-electron chi connectivity index (χ1n) is 46.5. The Balaban J connectivity index is 1.61. The summed E-state index contributed by atoms with van der Waals surface area (Å²) in [6.45, 7) is 64.0. The van der Waals surface area contributed by atoms with Crippen LogP contribution >= 0.6 is 127 Å². The summed E-state index contributed by atoms with van der Waals surface area (Å²) in [7, 11) is 0. The van der Waals surface area contributed by atoms with Crippen molar-refractivity contribution in [3.63, 3.8) is 0 Å². The molecule has 0 aromatic heterocycles. The van der Waals surface area contributed by atoms with Crippen LogP contribution in [0.4, 0.5) is 0 Å². The molecule has 736 valence electrons. The van der Waals surface area contributed by atoms with E-state index in [4.69, 9.17) is 37.9 Å². The Labute approximate surface area is 874 Å². The first-order chi connectivity index (χ1) is 62.3. The van der Waals surface area contributed by atoms with E-state index in [9.17, 15) is 0 Å². The van der Waals surface area contributed by atoms with Gasteiger partial charge < -0.3 is 37.9 Å². The van der Waals surface area contributed by atoms with Gasteiger partial charge in [0.05, 0.1) is 0 Å². The second-order valence-electron chi connectivity index (χ2n) is 44.7. The zero-order valence-electron chi connectivity index (χ0n) is 85.1. The number of benzene rings is 8. The highest BCUT2D eigenvalue weighted by atomic mass is 79.9. The molecule has 0 spiro atoms. The number of ether oxygens (including phenoxy) is 8. The maximum absolute atomic E-state index is 15.0. The highest BCUT2D eigenvalue weighted by molar-refractivity contribution is 9.11. The molecule has 8 atom stereocenters. The molecule has 0 fully saturated rings. The standard InChI is InChI=1S/C112H136Br8O16/c1-57(113)97(121)129-89-65-33-67-43-82(106(12,13)14)45-69(90(67)130-98(122)58(2)114)35-71-47-84(108(18,19)20)49-73(92(71)132-100(124)60(4)116)37-75-51-86(110(24,25)26)53-77(94(75)134-102(126)62(6)118)39-79-55-88(112(30,31)32)56-80(96(79)136-104(128)64(8)120)40-78-54-87(111(27,28)29)52-76(95(78)135-103(127)63(7)119)38-74-50-85(109(21,22)23)48-72(93(74)133-101(125)61(5)117)36-70-46-83(107(15,16)17)44-68(91(70)131-99(123)59(3)115)34-66(89)42-81(41-65)105(9,10)11/h41-64H,33-40H2,1-32H3. The first-order valence-corrected chi connectivity index (χ1v) is 53.8. The zero-order valence-corrected chi connectivity index (χ0v) is 97.8. The van der Waals surface area contributed by atoms with Crippen molar-refractivity contribution in [2.24, 2.45) is 0 Å². The van der Waals surface area contributed by atoms with E-state index in [1.807, 2.05) is 97.1 Å². The van der Waals surface area contributed by atoms with Gasteiger partial charge in [0.15, 0.2) is 0 Å². The van der Waals surface area contributed by atoms with Gasteiger partial charge in [0.25, 0.3) is 0 Å². The summed E-state index contributed by atoms with van der Waals surface area (Å²) in [6.07, 6.45) is -0.0832. The third-order valence-corrected chi connectivity index (χ3v) is 27.1. The van der Waals surface area contributed by atoms with Crippen LogP contribution in [-0.4, -0.2) is 86.4 Å². The van der Waals surface area contributed by atoms with E-state index >= 15 is 38.4 Å². The molecule has 24 heteroatoms. The highest BCUT2D eigenvalue weighted by Crippen LogP contribution is 2.50. The Morgan fingerprint density at radius 2 is 0.235 bits per heavy atom. The van der Waals surface area contributed by atoms with Gasteiger partial charge in [-0.2, -0.15) is 0 Å². The van der Waals surface area contributed by atoms with Gasteiger partial charge in [-0.05, 0) is 143 Å². The fourth-order valence-electron chi connectivity index (χ4n) is 15.7. The molecule has 0 radical (unpaired) electrons. The quantitative estimate of drug-likeness (QED) is 0.0500. The van der Waals surface area contributed by atoms with Crippen LogP contribution in [-0.2, 0) is 133 Å². The molecule has 9 rings (SSSR count). The van der Waals surface area contributed by atoms with Crippen LogP contribution in [0.5, 0.6) is 46.0 Å². The largest absolute Gasteiger partial charge is 0.425 e. The van der Waals surface area contributed by atoms with Crippen molar-refractivity contribution in [1.82, 2.24) is 0 Å². The van der Waals surface area contributed by atoms with Crippen molar-refractivity contribution in [1.29, 1.82) is 0 Å². The van der Waals surface area contributed by atoms with Crippen molar-refractivity contribution >= 4 is 175 Å². The van der Waals surface area contributed by atoms with Crippen LogP contribution < -0.4 is 37.9 Å². The molecule has 8 unspecified atom stereocenters. The van der Waals surface area contributed by atoms with Crippen molar-refractivity contribution in [3.8, 4) is 46.0 Å². The average molecular weight is 2380 g/mol. The topological polar surface area (TPSA) is 210 Å². The second-order valence-corrected chi connectivity index (χ2v) is 55.7. The zero-order chi connectivity index (χ0) is 102. The first kappa shape index (κ1) is 113. The molecular weight excluding hydrogens is 2240 g/mol. The minimum absolute atomic E-state index is 0.0104. The summed E-state index contributed by atoms with van der Waals surface area (Å²) in [5.74, 6) is -3.23. The highest BCUT2D eigenvalue weighted by Gasteiger charge is 2.38. The molecule has 0 aliphatic heterocycles. The number of carbonyl (C=O) groups is 8. The third kappa shape index (κ3) is 28.9. The van der Waals surface area contributed by atoms with Gasteiger partial charge in [-0.3, -0.25) is 38.4 Å². The lowest BCUT2D eigenvalue weighted by atomic mass is 9.79. The second kappa shape index (κ2) is 44.1. The number of esters is 8. The lowest BCUT2D eigenvalue weighted by Crippen LogP contribution is -2.23. The van der Waals surface area contributed by atoms with Gasteiger partial charge in [-0.15, -0.1) is 0 Å². The summed E-state index contributed by atoms with van der Waals surface area (Å²) < 4.78 is 55.2. The molecular formula is C112H136Br8O16. The number of halogens is 8. The van der Waals surface area contributed by atoms with Crippen molar-refractivity contribution in [2.75, 3.05) is 0 Å². The van der Waals surface area contributed by atoms with E-state index in [0.717, 1.165) is 44.5 Å². The Bertz CT molecular complexity index is 4650. The minimum atomic E-state index is -0.826. The smallest absolute Gasteiger partial charge is 0.324 e. The number of hydrogen-bond acceptors (Lipinski definition) is 16.